The molecule has 2 aromatic rings. The lowest BCUT2D eigenvalue weighted by Gasteiger charge is -2.18. The average Bonchev–Trinajstić information content (AvgIpc) is 2.91. The fourth-order valence-electron chi connectivity index (χ4n) is 5.56. The van der Waals surface area contributed by atoms with E-state index in [-0.39, 0.29) is 29.7 Å². The van der Waals surface area contributed by atoms with Gasteiger partial charge in [-0.1, -0.05) is 82.1 Å². The first-order valence-electron chi connectivity index (χ1n) is 15.2. The van der Waals surface area contributed by atoms with Gasteiger partial charge in [0.1, 0.15) is 0 Å². The highest BCUT2D eigenvalue weighted by atomic mass is 15.2. The zero-order valence-corrected chi connectivity index (χ0v) is 27.1. The first-order chi connectivity index (χ1) is 18.0. The molecular formula is C40H74N2. The van der Waals surface area contributed by atoms with Crippen LogP contribution in [0, 0.1) is 62.3 Å². The summed E-state index contributed by atoms with van der Waals surface area (Å²) in [5.41, 5.74) is 17.5. The molecule has 0 saturated carbocycles. The third-order valence-electron chi connectivity index (χ3n) is 8.92. The number of hydrogen-bond acceptors (Lipinski definition) is 2. The lowest BCUT2D eigenvalue weighted by Crippen LogP contribution is -2.05. The van der Waals surface area contributed by atoms with Crippen LogP contribution < -0.4 is 0 Å². The Labute approximate surface area is 265 Å². The minimum absolute atomic E-state index is 0. The summed E-state index contributed by atoms with van der Waals surface area (Å²) in [6, 6.07) is 0. The molecular weight excluding hydrogens is 508 g/mol. The Balaban J connectivity index is -0.000000319. The van der Waals surface area contributed by atoms with E-state index in [1.807, 2.05) is 13.1 Å². The topological polar surface area (TPSA) is 24.7 Å². The summed E-state index contributed by atoms with van der Waals surface area (Å²) in [4.78, 5) is 0. The van der Waals surface area contributed by atoms with Gasteiger partial charge >= 0.3 is 0 Å². The number of nitrogens with zero attached hydrogens (tertiary/aromatic N) is 2. The Morgan fingerprint density at radius 1 is 0.429 bits per heavy atom. The van der Waals surface area contributed by atoms with Crippen LogP contribution >= 0.6 is 0 Å². The van der Waals surface area contributed by atoms with Crippen molar-refractivity contribution in [1.29, 1.82) is 0 Å². The summed E-state index contributed by atoms with van der Waals surface area (Å²) in [5, 5.41) is 8.07. The van der Waals surface area contributed by atoms with Gasteiger partial charge in [-0.25, -0.2) is 0 Å². The highest BCUT2D eigenvalue weighted by molar-refractivity contribution is 5.85. The van der Waals surface area contributed by atoms with E-state index in [9.17, 15) is 0 Å². The molecule has 0 spiro atoms. The van der Waals surface area contributed by atoms with Crippen molar-refractivity contribution in [2.24, 2.45) is 10.2 Å². The third-order valence-corrected chi connectivity index (χ3v) is 8.92. The highest BCUT2D eigenvalue weighted by Gasteiger charge is 2.14. The quantitative estimate of drug-likeness (QED) is 0.135. The maximum Gasteiger partial charge on any atom is 0.0573 e. The second kappa shape index (κ2) is 24.2. The van der Waals surface area contributed by atoms with Gasteiger partial charge in [-0.15, -0.1) is 0 Å². The molecule has 0 aromatic heterocycles. The normalized spacial score (nSPS) is 10.4. The molecule has 0 N–H and O–H groups in total. The van der Waals surface area contributed by atoms with Gasteiger partial charge in [0.25, 0.3) is 0 Å². The van der Waals surface area contributed by atoms with Crippen molar-refractivity contribution in [3.63, 3.8) is 0 Å². The number of rotatable bonds is 12. The van der Waals surface area contributed by atoms with E-state index in [0.717, 1.165) is 0 Å². The Hall–Kier alpha value is -2.22. The SMILES string of the molecule is C.C.C.C.C/C=N/N=C/c1c(C)c(C)c(CCCCCC)c(C)c1C.CCCCCCc1c(C)c(C)c(C)c(C)c1C. The van der Waals surface area contributed by atoms with E-state index in [1.165, 1.54) is 125 Å². The maximum atomic E-state index is 4.12. The van der Waals surface area contributed by atoms with Gasteiger partial charge in [0.05, 0.1) is 6.21 Å². The van der Waals surface area contributed by atoms with Gasteiger partial charge in [0, 0.05) is 11.8 Å². The van der Waals surface area contributed by atoms with Crippen LogP contribution in [0.2, 0.25) is 0 Å². The lowest BCUT2D eigenvalue weighted by molar-refractivity contribution is 0.664. The zero-order valence-electron chi connectivity index (χ0n) is 27.1. The van der Waals surface area contributed by atoms with Crippen molar-refractivity contribution in [2.45, 2.75) is 177 Å². The predicted octanol–water partition coefficient (Wildman–Crippen LogP) is 13.4. The summed E-state index contributed by atoms with van der Waals surface area (Å²) in [6.45, 7) is 26.7. The van der Waals surface area contributed by atoms with E-state index in [4.69, 9.17) is 0 Å². The van der Waals surface area contributed by atoms with Gasteiger partial charge < -0.3 is 0 Å². The van der Waals surface area contributed by atoms with Gasteiger partial charge in [0.15, 0.2) is 0 Å². The van der Waals surface area contributed by atoms with Crippen molar-refractivity contribution >= 4 is 12.4 Å². The minimum Gasteiger partial charge on any atom is -0.164 e. The van der Waals surface area contributed by atoms with Crippen LogP contribution in [0.3, 0.4) is 0 Å². The average molecular weight is 583 g/mol. The third kappa shape index (κ3) is 13.0. The molecule has 0 fully saturated rings. The van der Waals surface area contributed by atoms with E-state index in [0.29, 0.717) is 0 Å². The fraction of sp³-hybridized carbons (Fsp3) is 0.650. The van der Waals surface area contributed by atoms with E-state index in [1.54, 1.807) is 11.8 Å². The molecule has 0 saturated heterocycles. The highest BCUT2D eigenvalue weighted by Crippen LogP contribution is 2.28. The summed E-state index contributed by atoms with van der Waals surface area (Å²) in [7, 11) is 0. The van der Waals surface area contributed by atoms with E-state index < -0.39 is 0 Å². The zero-order chi connectivity index (χ0) is 28.8. The van der Waals surface area contributed by atoms with E-state index in [2.05, 4.69) is 86.4 Å². The summed E-state index contributed by atoms with van der Waals surface area (Å²) in [5.74, 6) is 0. The Morgan fingerprint density at radius 3 is 1.10 bits per heavy atom. The summed E-state index contributed by atoms with van der Waals surface area (Å²) in [6.07, 6.45) is 16.8. The van der Waals surface area contributed by atoms with Crippen LogP contribution in [0.4, 0.5) is 0 Å². The molecule has 0 bridgehead atoms. The van der Waals surface area contributed by atoms with Crippen LogP contribution in [0.1, 0.15) is 169 Å². The molecule has 244 valence electrons. The number of benzene rings is 2. The van der Waals surface area contributed by atoms with Crippen LogP contribution in [0.15, 0.2) is 10.2 Å². The standard InChI is InChI=1S/C19H30N2.C17H28.4CH4/c1-7-9-10-11-12-18-14(3)16(5)19(13-21-20-8-2)17(6)15(18)4;1-7-8-9-10-11-17-15(5)13(3)12(2)14(4)16(17)6;;;;/h8,13H,7,9-12H2,1-6H3;7-11H2,1-6H3;4*1H4/b20-8+,21-13+;;;;;. The molecule has 0 radical (unpaired) electrons. The largest absolute Gasteiger partial charge is 0.164 e. The van der Waals surface area contributed by atoms with Crippen molar-refractivity contribution < 1.29 is 0 Å². The number of unbranched alkanes of at least 4 members (excludes halogenated alkanes) is 6. The minimum atomic E-state index is 0. The Morgan fingerprint density at radius 2 is 0.762 bits per heavy atom. The molecule has 0 heterocycles. The monoisotopic (exact) mass is 583 g/mol. The van der Waals surface area contributed by atoms with Crippen LogP contribution in [-0.4, -0.2) is 12.4 Å². The molecule has 2 aromatic carbocycles. The fourth-order valence-corrected chi connectivity index (χ4v) is 5.56. The summed E-state index contributed by atoms with van der Waals surface area (Å²) < 4.78 is 0. The van der Waals surface area contributed by atoms with Gasteiger partial charge in [-0.2, -0.15) is 10.2 Å². The van der Waals surface area contributed by atoms with Gasteiger partial charge in [-0.3, -0.25) is 0 Å². The first kappa shape index (κ1) is 46.7. The Kier molecular flexibility index (Phi) is 27.0. The Bertz CT molecular complexity index is 1030. The van der Waals surface area contributed by atoms with Gasteiger partial charge in [0.2, 0.25) is 0 Å². The molecule has 0 unspecified atom stereocenters. The van der Waals surface area contributed by atoms with E-state index >= 15 is 0 Å². The molecule has 0 atom stereocenters. The van der Waals surface area contributed by atoms with Crippen molar-refractivity contribution in [2.75, 3.05) is 0 Å². The van der Waals surface area contributed by atoms with Crippen LogP contribution in [0.5, 0.6) is 0 Å². The molecule has 2 nitrogen and oxygen atoms in total. The van der Waals surface area contributed by atoms with Crippen molar-refractivity contribution in [3.8, 4) is 0 Å². The second-order valence-electron chi connectivity index (χ2n) is 11.2. The molecule has 0 amide bonds. The molecule has 42 heavy (non-hydrogen) atoms. The second-order valence-corrected chi connectivity index (χ2v) is 11.2. The van der Waals surface area contributed by atoms with Crippen molar-refractivity contribution in [1.82, 2.24) is 0 Å². The van der Waals surface area contributed by atoms with Gasteiger partial charge in [-0.05, 0) is 156 Å². The molecule has 2 heteroatoms. The molecule has 0 aliphatic heterocycles. The molecule has 0 aliphatic rings. The number of hydrogen-bond donors (Lipinski definition) is 0. The smallest absolute Gasteiger partial charge is 0.0573 e. The van der Waals surface area contributed by atoms with Crippen LogP contribution in [0.25, 0.3) is 0 Å². The first-order valence-corrected chi connectivity index (χ1v) is 15.2. The summed E-state index contributed by atoms with van der Waals surface area (Å²) >= 11 is 0. The maximum absolute atomic E-state index is 4.12. The predicted molar refractivity (Wildman–Crippen MR) is 200 cm³/mol. The molecule has 0 aliphatic carbocycles. The van der Waals surface area contributed by atoms with Crippen molar-refractivity contribution in [3.05, 3.63) is 66.8 Å². The lowest BCUT2D eigenvalue weighted by atomic mass is 9.87. The van der Waals surface area contributed by atoms with Crippen LogP contribution in [-0.2, 0) is 12.8 Å². The molecule has 2 rings (SSSR count).